The van der Waals surface area contributed by atoms with Gasteiger partial charge in [0.1, 0.15) is 6.04 Å². The lowest BCUT2D eigenvalue weighted by Crippen LogP contribution is -2.66. The van der Waals surface area contributed by atoms with E-state index in [9.17, 15) is 14.4 Å². The Hall–Kier alpha value is -3.23. The molecule has 1 N–H and O–H groups in total. The van der Waals surface area contributed by atoms with Crippen molar-refractivity contribution in [3.63, 3.8) is 0 Å². The Morgan fingerprint density at radius 2 is 1.96 bits per heavy atom. The number of carbonyl (C=O) groups is 3. The Morgan fingerprint density at radius 3 is 2.76 bits per heavy atom. The smallest absolute Gasteiger partial charge is 0.274 e. The average Bonchev–Trinajstić information content (AvgIpc) is 3.14. The third-order valence-corrected chi connectivity index (χ3v) is 4.47. The number of para-hydroxylation sites is 1. The Labute approximate surface area is 143 Å². The standard InChI is InChI=1S/C16H16N6O3/c23-14-9-17-15(24)13-10-20(6-7-21(13)14)16(25)12-8-18-19-22(12)11-4-2-1-3-5-11/h1-5,8,13H,6-7,9-10H2,(H,17,24)/t13-/m0/s1. The van der Waals surface area contributed by atoms with Gasteiger partial charge in [-0.1, -0.05) is 23.4 Å². The van der Waals surface area contributed by atoms with Crippen LogP contribution in [0.3, 0.4) is 0 Å². The summed E-state index contributed by atoms with van der Waals surface area (Å²) in [5, 5.41) is 10.4. The number of fused-ring (bicyclic) bond motifs is 1. The van der Waals surface area contributed by atoms with Crippen molar-refractivity contribution in [3.8, 4) is 5.69 Å². The summed E-state index contributed by atoms with van der Waals surface area (Å²) in [5.74, 6) is -0.612. The maximum atomic E-state index is 12.9. The van der Waals surface area contributed by atoms with Gasteiger partial charge in [-0.3, -0.25) is 14.4 Å². The summed E-state index contributed by atoms with van der Waals surface area (Å²) < 4.78 is 1.47. The zero-order chi connectivity index (χ0) is 17.4. The van der Waals surface area contributed by atoms with Crippen molar-refractivity contribution < 1.29 is 14.4 Å². The van der Waals surface area contributed by atoms with E-state index in [2.05, 4.69) is 15.6 Å². The van der Waals surface area contributed by atoms with Gasteiger partial charge in [-0.25, -0.2) is 4.68 Å². The normalized spacial score (nSPS) is 20.2. The number of rotatable bonds is 2. The lowest BCUT2D eigenvalue weighted by molar-refractivity contribution is -0.148. The second-order valence-corrected chi connectivity index (χ2v) is 5.94. The molecule has 4 rings (SSSR count). The molecule has 3 amide bonds. The SMILES string of the molecule is O=C1NCC(=O)N2CCN(C(=O)c3cnnn3-c3ccccc3)C[C@@H]12. The highest BCUT2D eigenvalue weighted by Crippen LogP contribution is 2.17. The van der Waals surface area contributed by atoms with Crippen LogP contribution in [-0.4, -0.2) is 74.7 Å². The van der Waals surface area contributed by atoms with E-state index in [1.54, 1.807) is 4.90 Å². The maximum Gasteiger partial charge on any atom is 0.274 e. The van der Waals surface area contributed by atoms with E-state index in [1.165, 1.54) is 15.8 Å². The molecule has 2 saturated heterocycles. The minimum atomic E-state index is -0.639. The Kier molecular flexibility index (Phi) is 3.68. The van der Waals surface area contributed by atoms with Crippen LogP contribution < -0.4 is 5.32 Å². The van der Waals surface area contributed by atoms with Gasteiger partial charge in [-0.05, 0) is 12.1 Å². The van der Waals surface area contributed by atoms with Crippen LogP contribution in [0.4, 0.5) is 0 Å². The van der Waals surface area contributed by atoms with Gasteiger partial charge in [-0.2, -0.15) is 0 Å². The first-order valence-corrected chi connectivity index (χ1v) is 7.98. The van der Waals surface area contributed by atoms with E-state index in [-0.39, 0.29) is 30.8 Å². The van der Waals surface area contributed by atoms with E-state index < -0.39 is 6.04 Å². The second kappa shape index (κ2) is 6.00. The lowest BCUT2D eigenvalue weighted by atomic mass is 10.1. The van der Waals surface area contributed by atoms with Gasteiger partial charge in [-0.15, -0.1) is 5.10 Å². The second-order valence-electron chi connectivity index (χ2n) is 5.94. The first-order chi connectivity index (χ1) is 12.1. The fraction of sp³-hybridized carbons (Fsp3) is 0.312. The molecule has 2 aliphatic rings. The molecule has 0 saturated carbocycles. The van der Waals surface area contributed by atoms with Crippen LogP contribution in [-0.2, 0) is 9.59 Å². The predicted octanol–water partition coefficient (Wildman–Crippen LogP) is -0.950. The van der Waals surface area contributed by atoms with E-state index in [4.69, 9.17) is 0 Å². The number of hydrogen-bond donors (Lipinski definition) is 1. The van der Waals surface area contributed by atoms with Gasteiger partial charge in [0.2, 0.25) is 11.8 Å². The molecule has 1 aromatic heterocycles. The van der Waals surface area contributed by atoms with E-state index in [0.717, 1.165) is 5.69 Å². The fourth-order valence-corrected chi connectivity index (χ4v) is 3.18. The van der Waals surface area contributed by atoms with E-state index in [0.29, 0.717) is 18.8 Å². The third-order valence-electron chi connectivity index (χ3n) is 4.47. The predicted molar refractivity (Wildman–Crippen MR) is 85.8 cm³/mol. The van der Waals surface area contributed by atoms with Crippen molar-refractivity contribution in [2.45, 2.75) is 6.04 Å². The molecule has 0 unspecified atom stereocenters. The maximum absolute atomic E-state index is 12.9. The summed E-state index contributed by atoms with van der Waals surface area (Å²) in [4.78, 5) is 40.0. The molecule has 2 aromatic rings. The van der Waals surface area contributed by atoms with Crippen LogP contribution in [0.1, 0.15) is 10.5 Å². The molecule has 128 valence electrons. The van der Waals surface area contributed by atoms with Crippen molar-refractivity contribution in [2.24, 2.45) is 0 Å². The summed E-state index contributed by atoms with van der Waals surface area (Å²) in [5.41, 5.74) is 1.05. The van der Waals surface area contributed by atoms with Crippen molar-refractivity contribution >= 4 is 17.7 Å². The Balaban J connectivity index is 1.58. The van der Waals surface area contributed by atoms with Crippen LogP contribution in [0.5, 0.6) is 0 Å². The number of nitrogens with one attached hydrogen (secondary N) is 1. The molecule has 1 atom stereocenters. The number of carbonyl (C=O) groups excluding carboxylic acids is 3. The highest BCUT2D eigenvalue weighted by molar-refractivity contribution is 5.97. The quantitative estimate of drug-likeness (QED) is 0.760. The van der Waals surface area contributed by atoms with E-state index in [1.807, 2.05) is 30.3 Å². The van der Waals surface area contributed by atoms with Crippen molar-refractivity contribution in [2.75, 3.05) is 26.2 Å². The van der Waals surface area contributed by atoms with Gasteiger partial charge in [0.15, 0.2) is 5.69 Å². The molecular weight excluding hydrogens is 324 g/mol. The molecule has 0 spiro atoms. The molecule has 0 radical (unpaired) electrons. The zero-order valence-corrected chi connectivity index (χ0v) is 13.3. The number of amides is 3. The van der Waals surface area contributed by atoms with Gasteiger partial charge in [0.05, 0.1) is 25.0 Å². The molecule has 0 bridgehead atoms. The van der Waals surface area contributed by atoms with Crippen LogP contribution in [0.2, 0.25) is 0 Å². The first-order valence-electron chi connectivity index (χ1n) is 7.98. The molecule has 1 aromatic carbocycles. The van der Waals surface area contributed by atoms with Gasteiger partial charge in [0.25, 0.3) is 5.91 Å². The highest BCUT2D eigenvalue weighted by Gasteiger charge is 2.40. The summed E-state index contributed by atoms with van der Waals surface area (Å²) in [6.45, 7) is 0.897. The first kappa shape index (κ1) is 15.3. The van der Waals surface area contributed by atoms with Gasteiger partial charge >= 0.3 is 0 Å². The highest BCUT2D eigenvalue weighted by atomic mass is 16.2. The largest absolute Gasteiger partial charge is 0.345 e. The molecule has 9 nitrogen and oxygen atoms in total. The van der Waals surface area contributed by atoms with Crippen molar-refractivity contribution in [1.82, 2.24) is 30.1 Å². The van der Waals surface area contributed by atoms with Gasteiger partial charge in [0, 0.05) is 13.1 Å². The zero-order valence-electron chi connectivity index (χ0n) is 13.3. The van der Waals surface area contributed by atoms with Crippen molar-refractivity contribution in [3.05, 3.63) is 42.2 Å². The number of nitrogens with zero attached hydrogens (tertiary/aromatic N) is 5. The van der Waals surface area contributed by atoms with Crippen LogP contribution in [0.25, 0.3) is 5.69 Å². The minimum Gasteiger partial charge on any atom is -0.345 e. The Bertz CT molecular complexity index is 833. The van der Waals surface area contributed by atoms with Gasteiger partial charge < -0.3 is 15.1 Å². The van der Waals surface area contributed by atoms with Crippen molar-refractivity contribution in [1.29, 1.82) is 0 Å². The summed E-state index contributed by atoms with van der Waals surface area (Å²) in [6, 6.07) is 8.59. The number of hydrogen-bond acceptors (Lipinski definition) is 5. The summed E-state index contributed by atoms with van der Waals surface area (Å²) in [7, 11) is 0. The molecule has 3 heterocycles. The molecule has 9 heteroatoms. The average molecular weight is 340 g/mol. The third kappa shape index (κ3) is 2.63. The number of piperazine rings is 2. The van der Waals surface area contributed by atoms with Crippen LogP contribution in [0.15, 0.2) is 36.5 Å². The molecule has 0 aliphatic carbocycles. The van der Waals surface area contributed by atoms with Crippen LogP contribution >= 0.6 is 0 Å². The molecule has 25 heavy (non-hydrogen) atoms. The fourth-order valence-electron chi connectivity index (χ4n) is 3.18. The summed E-state index contributed by atoms with van der Waals surface area (Å²) in [6.07, 6.45) is 1.41. The summed E-state index contributed by atoms with van der Waals surface area (Å²) >= 11 is 0. The van der Waals surface area contributed by atoms with E-state index >= 15 is 0 Å². The Morgan fingerprint density at radius 1 is 1.16 bits per heavy atom. The lowest BCUT2D eigenvalue weighted by Gasteiger charge is -2.42. The molecule has 2 aliphatic heterocycles. The topological polar surface area (TPSA) is 100 Å². The minimum absolute atomic E-state index is 0.0218. The monoisotopic (exact) mass is 340 g/mol. The molecule has 2 fully saturated rings. The van der Waals surface area contributed by atoms with Crippen LogP contribution in [0, 0.1) is 0 Å². The number of benzene rings is 1. The number of aromatic nitrogens is 3. The molecular formula is C16H16N6O3.